The standard InChI is InChI=1S/C12H25NO/c1-10(14)9-13-11(2)12-7-5-3-4-6-8-12/h10-14H,3-9H2,1-2H3/t10?,11-/m1/s1. The van der Waals surface area contributed by atoms with E-state index in [4.69, 9.17) is 0 Å². The molecule has 0 amide bonds. The summed E-state index contributed by atoms with van der Waals surface area (Å²) in [7, 11) is 0. The van der Waals surface area contributed by atoms with E-state index in [9.17, 15) is 5.11 Å². The van der Waals surface area contributed by atoms with Gasteiger partial charge in [-0.1, -0.05) is 25.7 Å². The molecule has 1 aliphatic carbocycles. The average Bonchev–Trinajstić information content (AvgIpc) is 2.42. The third-order valence-electron chi connectivity index (χ3n) is 3.34. The molecule has 1 rings (SSSR count). The Hall–Kier alpha value is -0.0800. The van der Waals surface area contributed by atoms with Gasteiger partial charge in [0.05, 0.1) is 6.10 Å². The van der Waals surface area contributed by atoms with Crippen LogP contribution in [0.2, 0.25) is 0 Å². The van der Waals surface area contributed by atoms with E-state index in [0.29, 0.717) is 6.04 Å². The van der Waals surface area contributed by atoms with Crippen LogP contribution in [0.3, 0.4) is 0 Å². The SMILES string of the molecule is CC(O)CN[C@H](C)C1CCCCCC1. The highest BCUT2D eigenvalue weighted by Crippen LogP contribution is 2.25. The molecule has 0 aromatic heterocycles. The third-order valence-corrected chi connectivity index (χ3v) is 3.34. The molecule has 2 heteroatoms. The average molecular weight is 199 g/mol. The molecule has 0 aliphatic heterocycles. The van der Waals surface area contributed by atoms with E-state index in [-0.39, 0.29) is 6.10 Å². The first kappa shape index (κ1) is 12.0. The molecule has 0 heterocycles. The lowest BCUT2D eigenvalue weighted by Gasteiger charge is -2.24. The summed E-state index contributed by atoms with van der Waals surface area (Å²) in [5.41, 5.74) is 0. The molecule has 0 aromatic carbocycles. The monoisotopic (exact) mass is 199 g/mol. The molecule has 0 radical (unpaired) electrons. The van der Waals surface area contributed by atoms with E-state index >= 15 is 0 Å². The van der Waals surface area contributed by atoms with Crippen LogP contribution in [0.4, 0.5) is 0 Å². The Bertz CT molecular complexity index is 139. The first-order valence-electron chi connectivity index (χ1n) is 6.11. The van der Waals surface area contributed by atoms with E-state index in [1.54, 1.807) is 0 Å². The van der Waals surface area contributed by atoms with Gasteiger partial charge in [0.2, 0.25) is 0 Å². The topological polar surface area (TPSA) is 32.3 Å². The molecule has 1 saturated carbocycles. The van der Waals surface area contributed by atoms with Crippen molar-refractivity contribution in [1.82, 2.24) is 5.32 Å². The van der Waals surface area contributed by atoms with E-state index in [2.05, 4.69) is 12.2 Å². The van der Waals surface area contributed by atoms with Crippen molar-refractivity contribution in [3.63, 3.8) is 0 Å². The van der Waals surface area contributed by atoms with Crippen molar-refractivity contribution in [1.29, 1.82) is 0 Å². The van der Waals surface area contributed by atoms with Gasteiger partial charge >= 0.3 is 0 Å². The highest BCUT2D eigenvalue weighted by Gasteiger charge is 2.18. The van der Waals surface area contributed by atoms with Crippen molar-refractivity contribution in [2.75, 3.05) is 6.54 Å². The van der Waals surface area contributed by atoms with Gasteiger partial charge in [0, 0.05) is 12.6 Å². The summed E-state index contributed by atoms with van der Waals surface area (Å²) in [6, 6.07) is 0.572. The number of aliphatic hydroxyl groups is 1. The van der Waals surface area contributed by atoms with Crippen molar-refractivity contribution < 1.29 is 5.11 Å². The van der Waals surface area contributed by atoms with Gasteiger partial charge in [-0.2, -0.15) is 0 Å². The molecule has 1 fully saturated rings. The van der Waals surface area contributed by atoms with Crippen LogP contribution in [0.1, 0.15) is 52.4 Å². The quantitative estimate of drug-likeness (QED) is 0.681. The number of hydrogen-bond acceptors (Lipinski definition) is 2. The second kappa shape index (κ2) is 6.41. The first-order chi connectivity index (χ1) is 6.70. The fourth-order valence-corrected chi connectivity index (χ4v) is 2.33. The van der Waals surface area contributed by atoms with Gasteiger partial charge in [-0.3, -0.25) is 0 Å². The van der Waals surface area contributed by atoms with Crippen LogP contribution >= 0.6 is 0 Å². The molecular weight excluding hydrogens is 174 g/mol. The molecule has 0 saturated heterocycles. The molecule has 2 N–H and O–H groups in total. The van der Waals surface area contributed by atoms with Gasteiger partial charge in [0.25, 0.3) is 0 Å². The van der Waals surface area contributed by atoms with E-state index in [0.717, 1.165) is 12.5 Å². The summed E-state index contributed by atoms with van der Waals surface area (Å²) in [6.45, 7) is 4.84. The van der Waals surface area contributed by atoms with Gasteiger partial charge in [-0.05, 0) is 32.6 Å². The Morgan fingerprint density at radius 2 is 1.71 bits per heavy atom. The van der Waals surface area contributed by atoms with Crippen LogP contribution in [-0.4, -0.2) is 23.8 Å². The molecule has 1 unspecified atom stereocenters. The Labute approximate surface area is 88.1 Å². The van der Waals surface area contributed by atoms with E-state index in [1.165, 1.54) is 38.5 Å². The molecule has 1 aliphatic rings. The van der Waals surface area contributed by atoms with Crippen molar-refractivity contribution in [2.24, 2.45) is 5.92 Å². The minimum Gasteiger partial charge on any atom is -0.392 e. The number of hydrogen-bond donors (Lipinski definition) is 2. The summed E-state index contributed by atoms with van der Waals surface area (Å²) >= 11 is 0. The fourth-order valence-electron chi connectivity index (χ4n) is 2.33. The third kappa shape index (κ3) is 4.43. The molecule has 2 nitrogen and oxygen atoms in total. The number of aliphatic hydroxyl groups excluding tert-OH is 1. The Balaban J connectivity index is 2.23. The predicted octanol–water partition coefficient (Wildman–Crippen LogP) is 2.32. The maximum atomic E-state index is 9.19. The van der Waals surface area contributed by atoms with Gasteiger partial charge < -0.3 is 10.4 Å². The molecule has 0 aromatic rings. The molecule has 84 valence electrons. The smallest absolute Gasteiger partial charge is 0.0636 e. The molecule has 2 atom stereocenters. The normalized spacial score (nSPS) is 24.2. The summed E-state index contributed by atoms with van der Waals surface area (Å²) < 4.78 is 0. The van der Waals surface area contributed by atoms with Crippen molar-refractivity contribution in [3.8, 4) is 0 Å². The Morgan fingerprint density at radius 1 is 1.14 bits per heavy atom. The first-order valence-corrected chi connectivity index (χ1v) is 6.11. The summed E-state index contributed by atoms with van der Waals surface area (Å²) in [6.07, 6.45) is 8.14. The molecule has 0 spiro atoms. The zero-order valence-electron chi connectivity index (χ0n) is 9.63. The summed E-state index contributed by atoms with van der Waals surface area (Å²) in [4.78, 5) is 0. The lowest BCUT2D eigenvalue weighted by atomic mass is 9.93. The highest BCUT2D eigenvalue weighted by atomic mass is 16.3. The molecule has 0 bridgehead atoms. The molecular formula is C12H25NO. The van der Waals surface area contributed by atoms with Crippen molar-refractivity contribution in [3.05, 3.63) is 0 Å². The Kier molecular flexibility index (Phi) is 5.49. The van der Waals surface area contributed by atoms with Gasteiger partial charge in [0.15, 0.2) is 0 Å². The Morgan fingerprint density at radius 3 is 2.21 bits per heavy atom. The second-order valence-electron chi connectivity index (χ2n) is 4.80. The maximum absolute atomic E-state index is 9.19. The fraction of sp³-hybridized carbons (Fsp3) is 1.00. The van der Waals surface area contributed by atoms with Gasteiger partial charge in [-0.25, -0.2) is 0 Å². The number of rotatable bonds is 4. The van der Waals surface area contributed by atoms with Crippen LogP contribution in [0.15, 0.2) is 0 Å². The lowest BCUT2D eigenvalue weighted by Crippen LogP contribution is -2.37. The van der Waals surface area contributed by atoms with E-state index < -0.39 is 0 Å². The molecule has 14 heavy (non-hydrogen) atoms. The number of nitrogens with one attached hydrogen (secondary N) is 1. The summed E-state index contributed by atoms with van der Waals surface area (Å²) in [5.74, 6) is 0.830. The van der Waals surface area contributed by atoms with Crippen LogP contribution in [-0.2, 0) is 0 Å². The van der Waals surface area contributed by atoms with Gasteiger partial charge in [0.1, 0.15) is 0 Å². The van der Waals surface area contributed by atoms with Crippen LogP contribution in [0, 0.1) is 5.92 Å². The second-order valence-corrected chi connectivity index (χ2v) is 4.80. The summed E-state index contributed by atoms with van der Waals surface area (Å²) in [5, 5.41) is 12.6. The van der Waals surface area contributed by atoms with Crippen LogP contribution < -0.4 is 5.32 Å². The predicted molar refractivity (Wildman–Crippen MR) is 60.3 cm³/mol. The van der Waals surface area contributed by atoms with Crippen LogP contribution in [0.5, 0.6) is 0 Å². The van der Waals surface area contributed by atoms with Crippen molar-refractivity contribution in [2.45, 2.75) is 64.5 Å². The maximum Gasteiger partial charge on any atom is 0.0636 e. The largest absolute Gasteiger partial charge is 0.392 e. The minimum absolute atomic E-state index is 0.219. The van der Waals surface area contributed by atoms with Crippen molar-refractivity contribution >= 4 is 0 Å². The van der Waals surface area contributed by atoms with E-state index in [1.807, 2.05) is 6.92 Å². The highest BCUT2D eigenvalue weighted by molar-refractivity contribution is 4.75. The minimum atomic E-state index is -0.219. The lowest BCUT2D eigenvalue weighted by molar-refractivity contribution is 0.179. The zero-order valence-corrected chi connectivity index (χ0v) is 9.63. The zero-order chi connectivity index (χ0) is 10.4. The van der Waals surface area contributed by atoms with Gasteiger partial charge in [-0.15, -0.1) is 0 Å². The van der Waals surface area contributed by atoms with Crippen LogP contribution in [0.25, 0.3) is 0 Å².